The molecule has 0 heterocycles. The highest BCUT2D eigenvalue weighted by molar-refractivity contribution is 5.76. The third-order valence-electron chi connectivity index (χ3n) is 15.5. The molecule has 0 aromatic rings. The molecule has 6 heteroatoms. The highest BCUT2D eigenvalue weighted by Crippen LogP contribution is 2.18. The van der Waals surface area contributed by atoms with Crippen LogP contribution in [0.3, 0.4) is 0 Å². The van der Waals surface area contributed by atoms with E-state index >= 15 is 0 Å². The van der Waals surface area contributed by atoms with E-state index in [4.69, 9.17) is 4.74 Å². The standard InChI is InChI=1S/C67H129NO5/c1-3-5-7-9-11-13-15-17-19-21-23-24-25-26-27-28-31-35-39-43-47-51-55-59-65(70)64(63-69)68-66(71)60-56-52-48-44-40-36-32-30-34-38-42-46-50-54-58-62-73-67(72)61-57-53-49-45-41-37-33-29-22-20-18-16-14-12-10-8-6-4-2/h34,38,55,59,64-65,69-70H,3-33,35-37,39-54,56-58,60-63H2,1-2H3,(H,68,71)/b38-34-,59-55+. The largest absolute Gasteiger partial charge is 0.466 e. The van der Waals surface area contributed by atoms with Crippen molar-refractivity contribution < 1.29 is 24.5 Å². The van der Waals surface area contributed by atoms with Crippen LogP contribution in [0.2, 0.25) is 0 Å². The van der Waals surface area contributed by atoms with Crippen LogP contribution in [0.4, 0.5) is 0 Å². The molecule has 0 bridgehead atoms. The van der Waals surface area contributed by atoms with Crippen LogP contribution in [0, 0.1) is 0 Å². The molecule has 3 N–H and O–H groups in total. The Labute approximate surface area is 456 Å². The first-order valence-electron chi connectivity index (χ1n) is 33.1. The lowest BCUT2D eigenvalue weighted by Crippen LogP contribution is -2.45. The normalized spacial score (nSPS) is 12.7. The van der Waals surface area contributed by atoms with Crippen LogP contribution in [-0.4, -0.2) is 47.4 Å². The summed E-state index contributed by atoms with van der Waals surface area (Å²) in [5, 5.41) is 23.2. The average Bonchev–Trinajstić information content (AvgIpc) is 3.39. The van der Waals surface area contributed by atoms with Gasteiger partial charge in [0.2, 0.25) is 5.91 Å². The molecule has 6 nitrogen and oxygen atoms in total. The number of ether oxygens (including phenoxy) is 1. The Kier molecular flexibility index (Phi) is 61.4. The number of carbonyl (C=O) groups is 2. The van der Waals surface area contributed by atoms with Crippen molar-refractivity contribution in [3.63, 3.8) is 0 Å². The van der Waals surface area contributed by atoms with Gasteiger partial charge in [-0.1, -0.05) is 321 Å². The van der Waals surface area contributed by atoms with Gasteiger partial charge in [-0.15, -0.1) is 0 Å². The summed E-state index contributed by atoms with van der Waals surface area (Å²) >= 11 is 0. The Hall–Kier alpha value is -1.66. The Morgan fingerprint density at radius 3 is 0.973 bits per heavy atom. The number of nitrogens with one attached hydrogen (secondary N) is 1. The molecule has 1 amide bonds. The molecule has 2 atom stereocenters. The number of allylic oxidation sites excluding steroid dienone is 3. The highest BCUT2D eigenvalue weighted by Gasteiger charge is 2.18. The Morgan fingerprint density at radius 1 is 0.370 bits per heavy atom. The van der Waals surface area contributed by atoms with E-state index in [1.807, 2.05) is 6.08 Å². The van der Waals surface area contributed by atoms with Gasteiger partial charge in [0.25, 0.3) is 0 Å². The van der Waals surface area contributed by atoms with Gasteiger partial charge >= 0.3 is 5.97 Å². The fourth-order valence-electron chi connectivity index (χ4n) is 10.4. The summed E-state index contributed by atoms with van der Waals surface area (Å²) in [6, 6.07) is -0.640. The molecule has 0 fully saturated rings. The predicted octanol–water partition coefficient (Wildman–Crippen LogP) is 21.0. The van der Waals surface area contributed by atoms with Crippen molar-refractivity contribution in [3.05, 3.63) is 24.3 Å². The van der Waals surface area contributed by atoms with Crippen LogP contribution in [0.5, 0.6) is 0 Å². The lowest BCUT2D eigenvalue weighted by molar-refractivity contribution is -0.143. The maximum Gasteiger partial charge on any atom is 0.305 e. The molecule has 0 aromatic heterocycles. The van der Waals surface area contributed by atoms with E-state index in [9.17, 15) is 19.8 Å². The van der Waals surface area contributed by atoms with Gasteiger partial charge < -0.3 is 20.3 Å². The van der Waals surface area contributed by atoms with E-state index in [1.54, 1.807) is 6.08 Å². The second-order valence-electron chi connectivity index (χ2n) is 22.8. The van der Waals surface area contributed by atoms with E-state index in [0.717, 1.165) is 70.6 Å². The van der Waals surface area contributed by atoms with E-state index in [-0.39, 0.29) is 18.5 Å². The number of aliphatic hydroxyl groups excluding tert-OH is 2. The smallest absolute Gasteiger partial charge is 0.305 e. The first-order valence-corrected chi connectivity index (χ1v) is 33.1. The number of rotatable bonds is 62. The van der Waals surface area contributed by atoms with Gasteiger partial charge in [0.1, 0.15) is 0 Å². The number of hydrogen-bond acceptors (Lipinski definition) is 5. The van der Waals surface area contributed by atoms with Gasteiger partial charge in [0.15, 0.2) is 0 Å². The SMILES string of the molecule is CCCCCCCCCCCCCCCCCCCCCCC/C=C/C(O)C(CO)NC(=O)CCCCCCCCC/C=C\CCCCCCOC(=O)CCCCCCCCCCCCCCCCCCCC. The van der Waals surface area contributed by atoms with Gasteiger partial charge in [0.05, 0.1) is 25.4 Å². The number of aliphatic hydroxyl groups is 2. The Bertz CT molecular complexity index is 1140. The second kappa shape index (κ2) is 62.9. The molecule has 73 heavy (non-hydrogen) atoms. The fourth-order valence-corrected chi connectivity index (χ4v) is 10.4. The molecular formula is C67H129NO5. The molecule has 2 unspecified atom stereocenters. The topological polar surface area (TPSA) is 95.9 Å². The lowest BCUT2D eigenvalue weighted by Gasteiger charge is -2.20. The average molecular weight is 1030 g/mol. The second-order valence-corrected chi connectivity index (χ2v) is 22.8. The van der Waals surface area contributed by atoms with Crippen LogP contribution >= 0.6 is 0 Å². The minimum atomic E-state index is -0.856. The summed E-state index contributed by atoms with van der Waals surface area (Å²) < 4.78 is 5.48. The third kappa shape index (κ3) is 59.4. The molecule has 0 aliphatic carbocycles. The van der Waals surface area contributed by atoms with Crippen molar-refractivity contribution in [2.24, 2.45) is 0 Å². The van der Waals surface area contributed by atoms with E-state index in [1.165, 1.54) is 270 Å². The fraction of sp³-hybridized carbons (Fsp3) is 0.910. The predicted molar refractivity (Wildman–Crippen MR) is 320 cm³/mol. The van der Waals surface area contributed by atoms with Crippen LogP contribution in [0.15, 0.2) is 24.3 Å². The molecule has 0 aliphatic rings. The van der Waals surface area contributed by atoms with Gasteiger partial charge in [0, 0.05) is 12.8 Å². The van der Waals surface area contributed by atoms with Crippen molar-refractivity contribution in [3.8, 4) is 0 Å². The van der Waals surface area contributed by atoms with E-state index < -0.39 is 12.1 Å². The van der Waals surface area contributed by atoms with Gasteiger partial charge in [-0.2, -0.15) is 0 Å². The molecule has 0 aromatic carbocycles. The van der Waals surface area contributed by atoms with Gasteiger partial charge in [-0.05, 0) is 57.8 Å². The summed E-state index contributed by atoms with van der Waals surface area (Å²) in [6.07, 6.45) is 78.0. The molecule has 0 saturated heterocycles. The quantitative estimate of drug-likeness (QED) is 0.0320. The summed E-state index contributed by atoms with van der Waals surface area (Å²) in [5.74, 6) is -0.0851. The van der Waals surface area contributed by atoms with Crippen molar-refractivity contribution in [1.29, 1.82) is 0 Å². The number of esters is 1. The zero-order valence-corrected chi connectivity index (χ0v) is 49.4. The molecule has 0 spiro atoms. The molecule has 0 saturated carbocycles. The summed E-state index contributed by atoms with van der Waals surface area (Å²) in [6.45, 7) is 4.91. The van der Waals surface area contributed by atoms with E-state index in [2.05, 4.69) is 31.3 Å². The first kappa shape index (κ1) is 71.3. The molecular weight excluding hydrogens is 899 g/mol. The number of unbranched alkanes of at least 4 members (excludes halogenated alkanes) is 49. The van der Waals surface area contributed by atoms with E-state index in [0.29, 0.717) is 19.4 Å². The minimum absolute atomic E-state index is 0.00592. The minimum Gasteiger partial charge on any atom is -0.466 e. The van der Waals surface area contributed by atoms with Crippen LogP contribution in [0.1, 0.15) is 367 Å². The van der Waals surface area contributed by atoms with Crippen molar-refractivity contribution in [1.82, 2.24) is 5.32 Å². The van der Waals surface area contributed by atoms with Gasteiger partial charge in [-0.3, -0.25) is 9.59 Å². The van der Waals surface area contributed by atoms with Crippen molar-refractivity contribution in [2.75, 3.05) is 13.2 Å². The molecule has 0 aliphatic heterocycles. The first-order chi connectivity index (χ1) is 36.0. The Balaban J connectivity index is 3.47. The molecule has 432 valence electrons. The maximum absolute atomic E-state index is 12.5. The maximum atomic E-state index is 12.5. The number of hydrogen-bond donors (Lipinski definition) is 3. The zero-order valence-electron chi connectivity index (χ0n) is 49.4. The highest BCUT2D eigenvalue weighted by atomic mass is 16.5. The van der Waals surface area contributed by atoms with Crippen LogP contribution < -0.4 is 5.32 Å². The van der Waals surface area contributed by atoms with Gasteiger partial charge in [-0.25, -0.2) is 0 Å². The van der Waals surface area contributed by atoms with Crippen molar-refractivity contribution in [2.45, 2.75) is 379 Å². The number of carbonyl (C=O) groups excluding carboxylic acids is 2. The number of amides is 1. The summed E-state index contributed by atoms with van der Waals surface area (Å²) in [5.41, 5.74) is 0. The monoisotopic (exact) mass is 1030 g/mol. The summed E-state index contributed by atoms with van der Waals surface area (Å²) in [4.78, 5) is 24.6. The van der Waals surface area contributed by atoms with Crippen molar-refractivity contribution >= 4 is 11.9 Å². The Morgan fingerprint density at radius 2 is 0.644 bits per heavy atom. The molecule has 0 radical (unpaired) electrons. The summed E-state index contributed by atoms with van der Waals surface area (Å²) in [7, 11) is 0. The lowest BCUT2D eigenvalue weighted by atomic mass is 10.0. The van der Waals surface area contributed by atoms with Crippen LogP contribution in [0.25, 0.3) is 0 Å². The van der Waals surface area contributed by atoms with Crippen LogP contribution in [-0.2, 0) is 14.3 Å². The zero-order chi connectivity index (χ0) is 52.9. The molecule has 0 rings (SSSR count). The third-order valence-corrected chi connectivity index (χ3v) is 15.5.